The second-order valence-corrected chi connectivity index (χ2v) is 6.30. The Balaban J connectivity index is 2.33. The topological polar surface area (TPSA) is 57.6 Å². The lowest BCUT2D eigenvalue weighted by atomic mass is 10.2. The van der Waals surface area contributed by atoms with E-state index in [1.807, 2.05) is 0 Å². The standard InChI is InChI=1S/C9H9Cl2NO3S/c10-8-2-1-7(3-9(8)11)16(14,15)12-4-6(13)5-12/h1-3,6,13H,4-5H2. The molecule has 1 aromatic rings. The summed E-state index contributed by atoms with van der Waals surface area (Å²) >= 11 is 11.5. The highest BCUT2D eigenvalue weighted by molar-refractivity contribution is 7.89. The van der Waals surface area contributed by atoms with Gasteiger partial charge in [-0.1, -0.05) is 23.2 Å². The van der Waals surface area contributed by atoms with Crippen LogP contribution >= 0.6 is 23.2 Å². The monoisotopic (exact) mass is 281 g/mol. The van der Waals surface area contributed by atoms with E-state index in [9.17, 15) is 8.42 Å². The molecule has 1 aromatic carbocycles. The number of hydrogen-bond donors (Lipinski definition) is 1. The number of benzene rings is 1. The van der Waals surface area contributed by atoms with E-state index in [-0.39, 0.29) is 23.0 Å². The zero-order chi connectivity index (χ0) is 11.9. The second kappa shape index (κ2) is 4.16. The number of hydrogen-bond acceptors (Lipinski definition) is 3. The van der Waals surface area contributed by atoms with E-state index < -0.39 is 16.1 Å². The molecule has 1 heterocycles. The van der Waals surface area contributed by atoms with Crippen LogP contribution in [0, 0.1) is 0 Å². The first-order chi connectivity index (χ1) is 7.41. The van der Waals surface area contributed by atoms with Gasteiger partial charge in [-0.3, -0.25) is 0 Å². The molecule has 0 unspecified atom stereocenters. The van der Waals surface area contributed by atoms with Gasteiger partial charge >= 0.3 is 0 Å². The van der Waals surface area contributed by atoms with Gasteiger partial charge in [0.05, 0.1) is 21.0 Å². The summed E-state index contributed by atoms with van der Waals surface area (Å²) in [5, 5.41) is 9.58. The van der Waals surface area contributed by atoms with Gasteiger partial charge in [0.15, 0.2) is 0 Å². The molecular weight excluding hydrogens is 273 g/mol. The van der Waals surface area contributed by atoms with Crippen LogP contribution in [0.3, 0.4) is 0 Å². The smallest absolute Gasteiger partial charge is 0.243 e. The van der Waals surface area contributed by atoms with Crippen molar-refractivity contribution in [1.29, 1.82) is 0 Å². The van der Waals surface area contributed by atoms with E-state index in [2.05, 4.69) is 0 Å². The number of β-amino-alcohol motifs (C(OH)–C–C–N with tert-alkyl or cyclic N) is 1. The van der Waals surface area contributed by atoms with Crippen molar-refractivity contribution in [2.45, 2.75) is 11.0 Å². The van der Waals surface area contributed by atoms with Gasteiger partial charge < -0.3 is 5.11 Å². The zero-order valence-corrected chi connectivity index (χ0v) is 10.4. The van der Waals surface area contributed by atoms with Gasteiger partial charge in [-0.15, -0.1) is 0 Å². The summed E-state index contributed by atoms with van der Waals surface area (Å²) in [5.74, 6) is 0. The molecule has 0 aromatic heterocycles. The molecule has 1 aliphatic heterocycles. The van der Waals surface area contributed by atoms with Gasteiger partial charge in [0.1, 0.15) is 0 Å². The van der Waals surface area contributed by atoms with Gasteiger partial charge in [0, 0.05) is 13.1 Å². The van der Waals surface area contributed by atoms with Crippen LogP contribution in [0.4, 0.5) is 0 Å². The Bertz CT molecular complexity index is 511. The van der Waals surface area contributed by atoms with Crippen LogP contribution < -0.4 is 0 Å². The van der Waals surface area contributed by atoms with E-state index in [0.29, 0.717) is 5.02 Å². The molecule has 0 atom stereocenters. The number of aliphatic hydroxyl groups is 1. The maximum Gasteiger partial charge on any atom is 0.243 e. The fourth-order valence-electron chi connectivity index (χ4n) is 1.40. The molecule has 2 rings (SSSR count). The van der Waals surface area contributed by atoms with E-state index in [1.165, 1.54) is 22.5 Å². The van der Waals surface area contributed by atoms with Crippen molar-refractivity contribution in [3.05, 3.63) is 28.2 Å². The van der Waals surface area contributed by atoms with Crippen molar-refractivity contribution in [3.63, 3.8) is 0 Å². The molecule has 1 N–H and O–H groups in total. The van der Waals surface area contributed by atoms with Gasteiger partial charge in [0.25, 0.3) is 0 Å². The molecule has 0 spiro atoms. The highest BCUT2D eigenvalue weighted by atomic mass is 35.5. The Morgan fingerprint density at radius 2 is 1.88 bits per heavy atom. The molecule has 1 saturated heterocycles. The summed E-state index contributed by atoms with van der Waals surface area (Å²) in [6.07, 6.45) is -0.572. The molecule has 0 amide bonds. The summed E-state index contributed by atoms with van der Waals surface area (Å²) in [6, 6.07) is 4.14. The summed E-state index contributed by atoms with van der Waals surface area (Å²) in [6.45, 7) is 0.255. The van der Waals surface area contributed by atoms with Crippen molar-refractivity contribution in [2.24, 2.45) is 0 Å². The third-order valence-corrected chi connectivity index (χ3v) is 4.92. The molecule has 0 aliphatic carbocycles. The molecule has 0 radical (unpaired) electrons. The van der Waals surface area contributed by atoms with E-state index in [0.717, 1.165) is 0 Å². The third-order valence-electron chi connectivity index (χ3n) is 2.36. The Labute approximate surface area is 103 Å². The van der Waals surface area contributed by atoms with Crippen LogP contribution in [0.15, 0.2) is 23.1 Å². The SMILES string of the molecule is O=S(=O)(c1ccc(Cl)c(Cl)c1)N1CC(O)C1. The minimum absolute atomic E-state index is 0.0915. The number of nitrogens with zero attached hydrogens (tertiary/aromatic N) is 1. The summed E-state index contributed by atoms with van der Waals surface area (Å²) in [7, 11) is -3.54. The fourth-order valence-corrected chi connectivity index (χ4v) is 3.30. The first-order valence-electron chi connectivity index (χ1n) is 4.54. The third kappa shape index (κ3) is 2.06. The maximum atomic E-state index is 11.9. The second-order valence-electron chi connectivity index (χ2n) is 3.55. The molecule has 0 bridgehead atoms. The Morgan fingerprint density at radius 1 is 1.25 bits per heavy atom. The average Bonchev–Trinajstić information content (AvgIpc) is 2.17. The number of halogens is 2. The van der Waals surface area contributed by atoms with E-state index >= 15 is 0 Å². The number of aliphatic hydroxyl groups excluding tert-OH is 1. The van der Waals surface area contributed by atoms with Crippen LogP contribution in [-0.2, 0) is 10.0 Å². The quantitative estimate of drug-likeness (QED) is 0.891. The average molecular weight is 282 g/mol. The normalized spacial score (nSPS) is 18.4. The molecule has 1 aliphatic rings. The largest absolute Gasteiger partial charge is 0.390 e. The Kier molecular flexibility index (Phi) is 3.16. The van der Waals surface area contributed by atoms with E-state index in [4.69, 9.17) is 28.3 Å². The molecule has 16 heavy (non-hydrogen) atoms. The minimum atomic E-state index is -3.54. The maximum absolute atomic E-state index is 11.9. The highest BCUT2D eigenvalue weighted by Crippen LogP contribution is 2.28. The van der Waals surface area contributed by atoms with Crippen LogP contribution in [0.5, 0.6) is 0 Å². The van der Waals surface area contributed by atoms with Crippen molar-refractivity contribution in [3.8, 4) is 0 Å². The van der Waals surface area contributed by atoms with Crippen LogP contribution in [0.1, 0.15) is 0 Å². The van der Waals surface area contributed by atoms with Crippen molar-refractivity contribution < 1.29 is 13.5 Å². The molecule has 4 nitrogen and oxygen atoms in total. The molecule has 88 valence electrons. The van der Waals surface area contributed by atoms with Crippen molar-refractivity contribution in [1.82, 2.24) is 4.31 Å². The van der Waals surface area contributed by atoms with Gasteiger partial charge in [-0.25, -0.2) is 8.42 Å². The first-order valence-corrected chi connectivity index (χ1v) is 6.74. The number of rotatable bonds is 2. The highest BCUT2D eigenvalue weighted by Gasteiger charge is 2.35. The molecule has 1 fully saturated rings. The Morgan fingerprint density at radius 3 is 2.38 bits per heavy atom. The van der Waals surface area contributed by atoms with Gasteiger partial charge in [-0.05, 0) is 18.2 Å². The predicted octanol–water partition coefficient (Wildman–Crippen LogP) is 1.36. The molecule has 7 heteroatoms. The van der Waals surface area contributed by atoms with Gasteiger partial charge in [0.2, 0.25) is 10.0 Å². The number of sulfonamides is 1. The lowest BCUT2D eigenvalue weighted by molar-refractivity contribution is 0.0548. The summed E-state index contributed by atoms with van der Waals surface area (Å²) in [4.78, 5) is 0.0915. The van der Waals surface area contributed by atoms with Crippen molar-refractivity contribution >= 4 is 33.2 Å². The minimum Gasteiger partial charge on any atom is -0.390 e. The van der Waals surface area contributed by atoms with E-state index in [1.54, 1.807) is 0 Å². The van der Waals surface area contributed by atoms with Crippen LogP contribution in [0.2, 0.25) is 10.0 Å². The van der Waals surface area contributed by atoms with Gasteiger partial charge in [-0.2, -0.15) is 4.31 Å². The Hall–Kier alpha value is -0.330. The predicted molar refractivity (Wildman–Crippen MR) is 61.2 cm³/mol. The lowest BCUT2D eigenvalue weighted by Crippen LogP contribution is -2.53. The molecular formula is C9H9Cl2NO3S. The van der Waals surface area contributed by atoms with Crippen molar-refractivity contribution in [2.75, 3.05) is 13.1 Å². The zero-order valence-electron chi connectivity index (χ0n) is 8.10. The van der Waals surface area contributed by atoms with Crippen LogP contribution in [-0.4, -0.2) is 37.0 Å². The van der Waals surface area contributed by atoms with Crippen LogP contribution in [0.25, 0.3) is 0 Å². The lowest BCUT2D eigenvalue weighted by Gasteiger charge is -2.34. The summed E-state index contributed by atoms with van der Waals surface area (Å²) < 4.78 is 25.1. The first kappa shape index (κ1) is 12.1. The summed E-state index contributed by atoms with van der Waals surface area (Å²) in [5.41, 5.74) is 0. The molecule has 0 saturated carbocycles. The fraction of sp³-hybridized carbons (Fsp3) is 0.333.